The average Bonchev–Trinajstić information content (AvgIpc) is 2.79. The number of amides is 2. The van der Waals surface area contributed by atoms with E-state index in [-0.39, 0.29) is 17.7 Å². The van der Waals surface area contributed by atoms with Crippen molar-refractivity contribution in [2.24, 2.45) is 5.92 Å². The van der Waals surface area contributed by atoms with Gasteiger partial charge in [0, 0.05) is 56.8 Å². The van der Waals surface area contributed by atoms with Crippen molar-refractivity contribution >= 4 is 35.0 Å². The molecule has 2 aromatic carbocycles. The highest BCUT2D eigenvalue weighted by Gasteiger charge is 2.32. The van der Waals surface area contributed by atoms with Crippen molar-refractivity contribution in [2.75, 3.05) is 39.3 Å². The van der Waals surface area contributed by atoms with Crippen molar-refractivity contribution in [1.29, 1.82) is 0 Å². The molecule has 0 aliphatic carbocycles. The number of halogens is 2. The summed E-state index contributed by atoms with van der Waals surface area (Å²) in [5, 5.41) is 0.874. The molecular formula is C24H27Cl2N3O2. The molecule has 0 bridgehead atoms. The third-order valence-corrected chi connectivity index (χ3v) is 6.77. The largest absolute Gasteiger partial charge is 0.340 e. The van der Waals surface area contributed by atoms with Crippen LogP contribution in [0, 0.1) is 5.92 Å². The molecule has 7 heteroatoms. The molecule has 2 amide bonds. The van der Waals surface area contributed by atoms with Crippen LogP contribution in [-0.4, -0.2) is 65.8 Å². The number of piperazine rings is 1. The van der Waals surface area contributed by atoms with Crippen LogP contribution >= 0.6 is 23.2 Å². The van der Waals surface area contributed by atoms with E-state index in [0.29, 0.717) is 41.5 Å². The Morgan fingerprint density at radius 2 is 1.52 bits per heavy atom. The fourth-order valence-corrected chi connectivity index (χ4v) is 4.88. The van der Waals surface area contributed by atoms with Crippen molar-refractivity contribution in [2.45, 2.75) is 19.4 Å². The Labute approximate surface area is 193 Å². The number of benzene rings is 2. The number of rotatable bonds is 4. The number of carbonyl (C=O) groups excluding carboxylic acids is 2. The van der Waals surface area contributed by atoms with Gasteiger partial charge in [-0.3, -0.25) is 14.5 Å². The van der Waals surface area contributed by atoms with Gasteiger partial charge in [0.2, 0.25) is 5.91 Å². The maximum absolute atomic E-state index is 13.0. The first-order valence-electron chi connectivity index (χ1n) is 10.8. The lowest BCUT2D eigenvalue weighted by molar-refractivity contribution is -0.138. The van der Waals surface area contributed by atoms with E-state index in [4.69, 9.17) is 23.2 Å². The molecule has 4 rings (SSSR count). The maximum Gasteiger partial charge on any atom is 0.255 e. The first-order chi connectivity index (χ1) is 15.0. The molecule has 2 aliphatic rings. The first kappa shape index (κ1) is 22.1. The lowest BCUT2D eigenvalue weighted by atomic mass is 9.94. The third kappa shape index (κ3) is 5.40. The summed E-state index contributed by atoms with van der Waals surface area (Å²) in [6.07, 6.45) is 1.39. The predicted octanol–water partition coefficient (Wildman–Crippen LogP) is 4.19. The zero-order valence-electron chi connectivity index (χ0n) is 17.5. The summed E-state index contributed by atoms with van der Waals surface area (Å²) in [7, 11) is 0. The van der Waals surface area contributed by atoms with Gasteiger partial charge in [-0.2, -0.15) is 0 Å². The topological polar surface area (TPSA) is 43.9 Å². The fraction of sp³-hybridized carbons (Fsp3) is 0.417. The molecule has 2 saturated heterocycles. The molecule has 0 spiro atoms. The SMILES string of the molecule is O=C(c1ccc(Cl)cc1Cl)N1CCC(C(=O)N2CCN(Cc3ccccc3)CC2)CC1. The second kappa shape index (κ2) is 10.0. The van der Waals surface area contributed by atoms with Gasteiger partial charge in [0.25, 0.3) is 5.91 Å². The number of carbonyl (C=O) groups is 2. The molecule has 0 radical (unpaired) electrons. The molecule has 2 aliphatic heterocycles. The van der Waals surface area contributed by atoms with E-state index in [1.807, 2.05) is 11.0 Å². The van der Waals surface area contributed by atoms with Gasteiger partial charge in [-0.05, 0) is 36.6 Å². The van der Waals surface area contributed by atoms with Gasteiger partial charge in [0.05, 0.1) is 10.6 Å². The average molecular weight is 460 g/mol. The molecule has 5 nitrogen and oxygen atoms in total. The fourth-order valence-electron chi connectivity index (χ4n) is 4.39. The molecule has 0 atom stereocenters. The van der Waals surface area contributed by atoms with Gasteiger partial charge < -0.3 is 9.80 Å². The van der Waals surface area contributed by atoms with Crippen LogP contribution in [0.15, 0.2) is 48.5 Å². The van der Waals surface area contributed by atoms with Crippen LogP contribution in [0.2, 0.25) is 10.0 Å². The van der Waals surface area contributed by atoms with E-state index >= 15 is 0 Å². The third-order valence-electron chi connectivity index (χ3n) is 6.23. The number of hydrogen-bond acceptors (Lipinski definition) is 3. The van der Waals surface area contributed by atoms with E-state index in [9.17, 15) is 9.59 Å². The summed E-state index contributed by atoms with van der Waals surface area (Å²) < 4.78 is 0. The van der Waals surface area contributed by atoms with Crippen LogP contribution in [0.1, 0.15) is 28.8 Å². The zero-order valence-corrected chi connectivity index (χ0v) is 19.0. The van der Waals surface area contributed by atoms with Gasteiger partial charge in [0.15, 0.2) is 0 Å². The molecule has 2 aromatic rings. The molecule has 2 fully saturated rings. The lowest BCUT2D eigenvalue weighted by Gasteiger charge is -2.38. The Bertz CT molecular complexity index is 922. The van der Waals surface area contributed by atoms with E-state index in [0.717, 1.165) is 32.7 Å². The highest BCUT2D eigenvalue weighted by molar-refractivity contribution is 6.36. The van der Waals surface area contributed by atoms with Crippen molar-refractivity contribution in [1.82, 2.24) is 14.7 Å². The Balaban J connectivity index is 1.25. The van der Waals surface area contributed by atoms with Crippen LogP contribution < -0.4 is 0 Å². The Morgan fingerprint density at radius 1 is 0.839 bits per heavy atom. The summed E-state index contributed by atoms with van der Waals surface area (Å²) in [4.78, 5) is 32.0. The molecule has 0 aromatic heterocycles. The maximum atomic E-state index is 13.0. The minimum atomic E-state index is -0.0953. The number of piperidine rings is 1. The highest BCUT2D eigenvalue weighted by Crippen LogP contribution is 2.26. The minimum Gasteiger partial charge on any atom is -0.340 e. The molecule has 2 heterocycles. The van der Waals surface area contributed by atoms with Crippen LogP contribution in [0.25, 0.3) is 0 Å². The van der Waals surface area contributed by atoms with Gasteiger partial charge in [-0.15, -0.1) is 0 Å². The highest BCUT2D eigenvalue weighted by atomic mass is 35.5. The van der Waals surface area contributed by atoms with Crippen molar-refractivity contribution in [3.63, 3.8) is 0 Å². The van der Waals surface area contributed by atoms with E-state index in [1.54, 1.807) is 23.1 Å². The summed E-state index contributed by atoms with van der Waals surface area (Å²) in [5.41, 5.74) is 1.77. The standard InChI is InChI=1S/C24H27Cl2N3O2/c25-20-6-7-21(22(26)16-20)24(31)28-10-8-19(9-11-28)23(30)29-14-12-27(13-15-29)17-18-4-2-1-3-5-18/h1-7,16,19H,8-15,17H2. The predicted molar refractivity (Wildman–Crippen MR) is 123 cm³/mol. The van der Waals surface area contributed by atoms with Crippen LogP contribution in [0.4, 0.5) is 0 Å². The zero-order chi connectivity index (χ0) is 21.8. The summed E-state index contributed by atoms with van der Waals surface area (Å²) in [6, 6.07) is 15.4. The van der Waals surface area contributed by atoms with Crippen LogP contribution in [0.5, 0.6) is 0 Å². The molecular weight excluding hydrogens is 433 g/mol. The second-order valence-electron chi connectivity index (χ2n) is 8.28. The molecule has 0 unspecified atom stereocenters. The Morgan fingerprint density at radius 3 is 2.16 bits per heavy atom. The van der Waals surface area contributed by atoms with Crippen LogP contribution in [0.3, 0.4) is 0 Å². The number of likely N-dealkylation sites (tertiary alicyclic amines) is 1. The summed E-state index contributed by atoms with van der Waals surface area (Å²) >= 11 is 12.1. The van der Waals surface area contributed by atoms with Crippen LogP contribution in [-0.2, 0) is 11.3 Å². The van der Waals surface area contributed by atoms with Gasteiger partial charge in [-0.1, -0.05) is 53.5 Å². The smallest absolute Gasteiger partial charge is 0.255 e. The van der Waals surface area contributed by atoms with Gasteiger partial charge in [-0.25, -0.2) is 0 Å². The van der Waals surface area contributed by atoms with Crippen molar-refractivity contribution in [3.8, 4) is 0 Å². The Hall–Kier alpha value is -2.08. The van der Waals surface area contributed by atoms with E-state index in [1.165, 1.54) is 5.56 Å². The molecule has 31 heavy (non-hydrogen) atoms. The summed E-state index contributed by atoms with van der Waals surface area (Å²) in [5.74, 6) is 0.128. The van der Waals surface area contributed by atoms with Crippen molar-refractivity contribution < 1.29 is 9.59 Å². The second-order valence-corrected chi connectivity index (χ2v) is 9.12. The number of hydrogen-bond donors (Lipinski definition) is 0. The monoisotopic (exact) mass is 459 g/mol. The van der Waals surface area contributed by atoms with Crippen molar-refractivity contribution in [3.05, 3.63) is 69.7 Å². The summed E-state index contributed by atoms with van der Waals surface area (Å²) in [6.45, 7) is 5.40. The molecule has 0 N–H and O–H groups in total. The first-order valence-corrected chi connectivity index (χ1v) is 11.6. The minimum absolute atomic E-state index is 0.00888. The van der Waals surface area contributed by atoms with E-state index < -0.39 is 0 Å². The van der Waals surface area contributed by atoms with Gasteiger partial charge >= 0.3 is 0 Å². The molecule has 164 valence electrons. The lowest BCUT2D eigenvalue weighted by Crippen LogP contribution is -2.51. The normalized spacial score (nSPS) is 18.3. The quantitative estimate of drug-likeness (QED) is 0.688. The Kier molecular flexibility index (Phi) is 7.16. The number of nitrogens with zero attached hydrogens (tertiary/aromatic N) is 3. The van der Waals surface area contributed by atoms with E-state index in [2.05, 4.69) is 29.2 Å². The van der Waals surface area contributed by atoms with Gasteiger partial charge in [0.1, 0.15) is 0 Å². The molecule has 0 saturated carbocycles.